The van der Waals surface area contributed by atoms with Crippen molar-refractivity contribution in [2.24, 2.45) is 0 Å². The molecule has 2 nitrogen and oxygen atoms in total. The average Bonchev–Trinajstić information content (AvgIpc) is 2.05. The van der Waals surface area contributed by atoms with E-state index in [4.69, 9.17) is 4.74 Å². The lowest BCUT2D eigenvalue weighted by atomic mass is 10.3. The molecule has 2 heteroatoms. The SMILES string of the molecule is C[CH]c1cc(OC)ccn1. The van der Waals surface area contributed by atoms with Gasteiger partial charge in [-0.25, -0.2) is 0 Å². The summed E-state index contributed by atoms with van der Waals surface area (Å²) >= 11 is 0. The zero-order valence-corrected chi connectivity index (χ0v) is 6.16. The van der Waals surface area contributed by atoms with Crippen molar-refractivity contribution in [2.75, 3.05) is 7.11 Å². The first-order valence-corrected chi connectivity index (χ1v) is 3.16. The molecule has 0 atom stereocenters. The third-order valence-electron chi connectivity index (χ3n) is 1.28. The maximum atomic E-state index is 5.00. The smallest absolute Gasteiger partial charge is 0.122 e. The number of hydrogen-bond donors (Lipinski definition) is 0. The quantitative estimate of drug-likeness (QED) is 0.616. The van der Waals surface area contributed by atoms with Crippen LogP contribution in [-0.2, 0) is 0 Å². The van der Waals surface area contributed by atoms with Crippen molar-refractivity contribution in [3.8, 4) is 5.75 Å². The largest absolute Gasteiger partial charge is 0.497 e. The van der Waals surface area contributed by atoms with E-state index in [1.807, 2.05) is 25.5 Å². The second kappa shape index (κ2) is 3.20. The molecule has 0 aliphatic heterocycles. The Hall–Kier alpha value is -1.05. The number of rotatable bonds is 2. The van der Waals surface area contributed by atoms with E-state index in [0.717, 1.165) is 11.4 Å². The third kappa shape index (κ3) is 1.47. The van der Waals surface area contributed by atoms with E-state index in [0.29, 0.717) is 0 Å². The van der Waals surface area contributed by atoms with Crippen LogP contribution in [-0.4, -0.2) is 12.1 Å². The molecule has 1 heterocycles. The summed E-state index contributed by atoms with van der Waals surface area (Å²) in [6.07, 6.45) is 3.66. The Labute approximate surface area is 60.9 Å². The fourth-order valence-corrected chi connectivity index (χ4v) is 0.713. The van der Waals surface area contributed by atoms with E-state index >= 15 is 0 Å². The third-order valence-corrected chi connectivity index (χ3v) is 1.28. The lowest BCUT2D eigenvalue weighted by molar-refractivity contribution is 0.414. The van der Waals surface area contributed by atoms with Gasteiger partial charge in [0.15, 0.2) is 0 Å². The van der Waals surface area contributed by atoms with Gasteiger partial charge in [0, 0.05) is 24.4 Å². The van der Waals surface area contributed by atoms with Crippen molar-refractivity contribution in [2.45, 2.75) is 6.92 Å². The molecule has 0 amide bonds. The zero-order valence-electron chi connectivity index (χ0n) is 6.16. The first kappa shape index (κ1) is 7.06. The van der Waals surface area contributed by atoms with E-state index in [2.05, 4.69) is 4.98 Å². The fraction of sp³-hybridized carbons (Fsp3) is 0.250. The maximum Gasteiger partial charge on any atom is 0.122 e. The molecule has 10 heavy (non-hydrogen) atoms. The van der Waals surface area contributed by atoms with Crippen LogP contribution >= 0.6 is 0 Å². The highest BCUT2D eigenvalue weighted by Crippen LogP contribution is 2.10. The monoisotopic (exact) mass is 136 g/mol. The minimum Gasteiger partial charge on any atom is -0.497 e. The molecule has 0 saturated carbocycles. The minimum atomic E-state index is 0.850. The number of aromatic nitrogens is 1. The Kier molecular flexibility index (Phi) is 2.26. The van der Waals surface area contributed by atoms with Crippen LogP contribution in [0, 0.1) is 6.42 Å². The lowest BCUT2D eigenvalue weighted by Crippen LogP contribution is -1.87. The fourth-order valence-electron chi connectivity index (χ4n) is 0.713. The van der Waals surface area contributed by atoms with Crippen molar-refractivity contribution in [3.63, 3.8) is 0 Å². The van der Waals surface area contributed by atoms with Gasteiger partial charge in [-0.2, -0.15) is 0 Å². The lowest BCUT2D eigenvalue weighted by Gasteiger charge is -1.99. The predicted molar refractivity (Wildman–Crippen MR) is 39.9 cm³/mol. The van der Waals surface area contributed by atoms with Crippen LogP contribution in [0.2, 0.25) is 0 Å². The van der Waals surface area contributed by atoms with E-state index in [9.17, 15) is 0 Å². The van der Waals surface area contributed by atoms with E-state index in [-0.39, 0.29) is 0 Å². The standard InChI is InChI=1S/C8H10NO/c1-3-7-6-8(10-2)4-5-9-7/h3-6H,1-2H3. The van der Waals surface area contributed by atoms with Gasteiger partial charge in [0.05, 0.1) is 7.11 Å². The van der Waals surface area contributed by atoms with Crippen molar-refractivity contribution in [1.29, 1.82) is 0 Å². The molecule has 0 fully saturated rings. The Morgan fingerprint density at radius 2 is 2.40 bits per heavy atom. The molecule has 0 saturated heterocycles. The molecule has 0 aromatic carbocycles. The Morgan fingerprint density at radius 1 is 1.60 bits per heavy atom. The summed E-state index contributed by atoms with van der Waals surface area (Å²) in [7, 11) is 1.65. The molecule has 0 aliphatic rings. The predicted octanol–water partition coefficient (Wildman–Crippen LogP) is 1.66. The van der Waals surface area contributed by atoms with Gasteiger partial charge in [-0.3, -0.25) is 4.98 Å². The van der Waals surface area contributed by atoms with Crippen LogP contribution in [0.5, 0.6) is 5.75 Å². The van der Waals surface area contributed by atoms with Gasteiger partial charge in [0.2, 0.25) is 0 Å². The van der Waals surface area contributed by atoms with E-state index in [1.165, 1.54) is 0 Å². The van der Waals surface area contributed by atoms with Crippen molar-refractivity contribution >= 4 is 0 Å². The Morgan fingerprint density at radius 3 is 3.00 bits per heavy atom. The molecule has 53 valence electrons. The molecule has 0 N–H and O–H groups in total. The minimum absolute atomic E-state index is 0.850. The van der Waals surface area contributed by atoms with Crippen LogP contribution in [0.1, 0.15) is 12.6 Å². The molecule has 1 radical (unpaired) electrons. The van der Waals surface area contributed by atoms with Gasteiger partial charge in [-0.05, 0) is 6.07 Å². The summed E-state index contributed by atoms with van der Waals surface area (Å²) in [5.74, 6) is 0.850. The molecule has 1 aromatic rings. The zero-order chi connectivity index (χ0) is 7.40. The van der Waals surface area contributed by atoms with Gasteiger partial charge in [0.25, 0.3) is 0 Å². The van der Waals surface area contributed by atoms with Crippen molar-refractivity contribution < 1.29 is 4.74 Å². The normalized spacial score (nSPS) is 9.40. The summed E-state index contributed by atoms with van der Waals surface area (Å²) in [5.41, 5.74) is 0.944. The summed E-state index contributed by atoms with van der Waals surface area (Å²) in [6, 6.07) is 3.72. The molecular weight excluding hydrogens is 126 g/mol. The van der Waals surface area contributed by atoms with Gasteiger partial charge in [0.1, 0.15) is 5.75 Å². The molecule has 0 spiro atoms. The highest BCUT2D eigenvalue weighted by Gasteiger charge is 1.92. The van der Waals surface area contributed by atoms with E-state index < -0.39 is 0 Å². The Bertz CT molecular complexity index is 191. The van der Waals surface area contributed by atoms with Crippen LogP contribution in [0.3, 0.4) is 0 Å². The second-order valence-corrected chi connectivity index (χ2v) is 1.91. The van der Waals surface area contributed by atoms with Crippen molar-refractivity contribution in [1.82, 2.24) is 4.98 Å². The van der Waals surface area contributed by atoms with E-state index in [1.54, 1.807) is 13.3 Å². The summed E-state index contributed by atoms with van der Waals surface area (Å²) < 4.78 is 5.00. The number of pyridine rings is 1. The average molecular weight is 136 g/mol. The van der Waals surface area contributed by atoms with Gasteiger partial charge in [-0.1, -0.05) is 6.92 Å². The van der Waals surface area contributed by atoms with Crippen molar-refractivity contribution in [3.05, 3.63) is 30.4 Å². The van der Waals surface area contributed by atoms with Gasteiger partial charge >= 0.3 is 0 Å². The summed E-state index contributed by atoms with van der Waals surface area (Å²) in [6.45, 7) is 1.95. The number of ether oxygens (including phenoxy) is 1. The highest BCUT2D eigenvalue weighted by atomic mass is 16.5. The first-order chi connectivity index (χ1) is 4.86. The highest BCUT2D eigenvalue weighted by molar-refractivity contribution is 5.25. The molecule has 1 aromatic heterocycles. The van der Waals surface area contributed by atoms with Crippen LogP contribution in [0.4, 0.5) is 0 Å². The maximum absolute atomic E-state index is 5.00. The Balaban J connectivity index is 2.87. The summed E-state index contributed by atoms with van der Waals surface area (Å²) in [4.78, 5) is 4.07. The van der Waals surface area contributed by atoms with Gasteiger partial charge < -0.3 is 4.74 Å². The number of nitrogens with zero attached hydrogens (tertiary/aromatic N) is 1. The topological polar surface area (TPSA) is 22.1 Å². The first-order valence-electron chi connectivity index (χ1n) is 3.16. The molecular formula is C8H10NO. The van der Waals surface area contributed by atoms with Crippen LogP contribution in [0.15, 0.2) is 18.3 Å². The number of methoxy groups -OCH3 is 1. The molecule has 0 bridgehead atoms. The molecule has 0 aliphatic carbocycles. The van der Waals surface area contributed by atoms with Crippen LogP contribution in [0.25, 0.3) is 0 Å². The molecule has 1 rings (SSSR count). The number of hydrogen-bond acceptors (Lipinski definition) is 2. The van der Waals surface area contributed by atoms with Crippen LogP contribution < -0.4 is 4.74 Å². The molecule has 0 unspecified atom stereocenters. The second-order valence-electron chi connectivity index (χ2n) is 1.91. The summed E-state index contributed by atoms with van der Waals surface area (Å²) in [5, 5.41) is 0. The van der Waals surface area contributed by atoms with Gasteiger partial charge in [-0.15, -0.1) is 0 Å².